The first-order valence-electron chi connectivity index (χ1n) is 9.54. The molecule has 3 aromatic rings. The molecular weight excluding hydrogens is 396 g/mol. The first-order chi connectivity index (χ1) is 15.0. The van der Waals surface area contributed by atoms with E-state index in [-0.39, 0.29) is 11.3 Å². The lowest BCUT2D eigenvalue weighted by Crippen LogP contribution is -2.29. The molecule has 2 heterocycles. The monoisotopic (exact) mass is 416 g/mol. The fourth-order valence-electron chi connectivity index (χ4n) is 3.62. The van der Waals surface area contributed by atoms with Crippen LogP contribution in [0.2, 0.25) is 0 Å². The number of ether oxygens (including phenoxy) is 2. The molecule has 1 aliphatic rings. The molecule has 1 saturated heterocycles. The quantitative estimate of drug-likeness (QED) is 0.387. The Kier molecular flexibility index (Phi) is 5.41. The van der Waals surface area contributed by atoms with Crippen LogP contribution in [0.5, 0.6) is 11.5 Å². The van der Waals surface area contributed by atoms with Crippen molar-refractivity contribution >= 4 is 23.1 Å². The molecule has 1 aliphatic heterocycles. The Morgan fingerprint density at radius 2 is 1.71 bits per heavy atom. The predicted octanol–water partition coefficient (Wildman–Crippen LogP) is 3.73. The van der Waals surface area contributed by atoms with Crippen molar-refractivity contribution in [2.45, 2.75) is 6.04 Å². The van der Waals surface area contributed by atoms with Crippen LogP contribution in [0.1, 0.15) is 17.2 Å². The number of hydrogen-bond acceptors (Lipinski definition) is 6. The number of carbonyl (C=O) groups excluding carboxylic acids is 2. The summed E-state index contributed by atoms with van der Waals surface area (Å²) >= 11 is 0. The third-order valence-electron chi connectivity index (χ3n) is 5.14. The molecule has 31 heavy (non-hydrogen) atoms. The molecule has 1 fully saturated rings. The second kappa shape index (κ2) is 8.31. The van der Waals surface area contributed by atoms with Gasteiger partial charge in [0.2, 0.25) is 0 Å². The minimum atomic E-state index is -0.845. The van der Waals surface area contributed by atoms with Crippen LogP contribution in [0.3, 0.4) is 0 Å². The molecule has 1 N–H and O–H groups in total. The summed E-state index contributed by atoms with van der Waals surface area (Å²) in [6.45, 7) is 0. The summed E-state index contributed by atoms with van der Waals surface area (Å²) in [5, 5.41) is 11.1. The van der Waals surface area contributed by atoms with E-state index in [4.69, 9.17) is 9.47 Å². The highest BCUT2D eigenvalue weighted by molar-refractivity contribution is 6.51. The van der Waals surface area contributed by atoms with Crippen LogP contribution in [0, 0.1) is 0 Å². The van der Waals surface area contributed by atoms with E-state index in [0.717, 1.165) is 0 Å². The number of amides is 1. The minimum absolute atomic E-state index is 0.00835. The number of aliphatic hydroxyl groups excluding tert-OH is 1. The zero-order valence-corrected chi connectivity index (χ0v) is 17.0. The maximum absolute atomic E-state index is 13.1. The predicted molar refractivity (Wildman–Crippen MR) is 115 cm³/mol. The number of anilines is 1. The first-order valence-corrected chi connectivity index (χ1v) is 9.54. The van der Waals surface area contributed by atoms with E-state index in [2.05, 4.69) is 4.98 Å². The standard InChI is InChI=1S/C24H20N2O5/c1-30-18-10-8-15(9-11-18)22(27)20-21(16-5-4-12-25-14-16)26(24(29)23(20)28)17-6-3-7-19(13-17)31-2/h3-14,21,27H,1-2H3/b22-20+. The maximum atomic E-state index is 13.1. The van der Waals surface area contributed by atoms with E-state index in [9.17, 15) is 14.7 Å². The lowest BCUT2D eigenvalue weighted by atomic mass is 9.96. The highest BCUT2D eigenvalue weighted by Crippen LogP contribution is 2.42. The van der Waals surface area contributed by atoms with Crippen molar-refractivity contribution in [1.82, 2.24) is 4.98 Å². The van der Waals surface area contributed by atoms with Gasteiger partial charge in [-0.05, 0) is 48.0 Å². The number of ketones is 1. The summed E-state index contributed by atoms with van der Waals surface area (Å²) in [7, 11) is 3.06. The molecule has 1 aromatic heterocycles. The third-order valence-corrected chi connectivity index (χ3v) is 5.14. The molecule has 0 spiro atoms. The van der Waals surface area contributed by atoms with Crippen LogP contribution in [0.4, 0.5) is 5.69 Å². The number of hydrogen-bond donors (Lipinski definition) is 1. The smallest absolute Gasteiger partial charge is 0.300 e. The van der Waals surface area contributed by atoms with Gasteiger partial charge in [-0.2, -0.15) is 0 Å². The Morgan fingerprint density at radius 1 is 0.968 bits per heavy atom. The SMILES string of the molecule is COc1ccc(/C(O)=C2\C(=O)C(=O)N(c3cccc(OC)c3)C2c2cccnc2)cc1. The number of Topliss-reactive ketones (excluding diaryl/α,β-unsaturated/α-hetero) is 1. The first kappa shape index (κ1) is 20.2. The largest absolute Gasteiger partial charge is 0.507 e. The number of nitrogens with zero attached hydrogens (tertiary/aromatic N) is 2. The van der Waals surface area contributed by atoms with Gasteiger partial charge in [-0.1, -0.05) is 12.1 Å². The summed E-state index contributed by atoms with van der Waals surface area (Å²) < 4.78 is 10.4. The van der Waals surface area contributed by atoms with E-state index < -0.39 is 17.7 Å². The molecule has 0 aliphatic carbocycles. The molecule has 1 amide bonds. The normalized spacial score (nSPS) is 17.6. The average molecular weight is 416 g/mol. The summed E-state index contributed by atoms with van der Waals surface area (Å²) in [6, 6.07) is 16.1. The average Bonchev–Trinajstić information content (AvgIpc) is 3.09. The zero-order valence-electron chi connectivity index (χ0n) is 17.0. The van der Waals surface area contributed by atoms with Gasteiger partial charge in [0.25, 0.3) is 11.7 Å². The minimum Gasteiger partial charge on any atom is -0.507 e. The number of methoxy groups -OCH3 is 2. The molecular formula is C24H20N2O5. The highest BCUT2D eigenvalue weighted by Gasteiger charge is 2.47. The molecule has 7 nitrogen and oxygen atoms in total. The van der Waals surface area contributed by atoms with Gasteiger partial charge in [-0.3, -0.25) is 19.5 Å². The van der Waals surface area contributed by atoms with Gasteiger partial charge in [-0.15, -0.1) is 0 Å². The molecule has 156 valence electrons. The van der Waals surface area contributed by atoms with Crippen LogP contribution in [0.15, 0.2) is 78.6 Å². The Morgan fingerprint density at radius 3 is 2.35 bits per heavy atom. The Balaban J connectivity index is 1.91. The molecule has 1 atom stereocenters. The zero-order chi connectivity index (χ0) is 22.0. The summed E-state index contributed by atoms with van der Waals surface area (Å²) in [5.41, 5.74) is 1.47. The lowest BCUT2D eigenvalue weighted by Gasteiger charge is -2.25. The number of pyridine rings is 1. The van der Waals surface area contributed by atoms with Crippen molar-refractivity contribution in [2.24, 2.45) is 0 Å². The van der Waals surface area contributed by atoms with Crippen LogP contribution >= 0.6 is 0 Å². The second-order valence-corrected chi connectivity index (χ2v) is 6.89. The van der Waals surface area contributed by atoms with E-state index in [1.807, 2.05) is 0 Å². The van der Waals surface area contributed by atoms with Crippen molar-refractivity contribution in [1.29, 1.82) is 0 Å². The van der Waals surface area contributed by atoms with Crippen molar-refractivity contribution in [3.05, 3.63) is 89.8 Å². The Bertz CT molecular complexity index is 1160. The van der Waals surface area contributed by atoms with Crippen molar-refractivity contribution in [2.75, 3.05) is 19.1 Å². The number of aliphatic hydroxyl groups is 1. The number of aromatic nitrogens is 1. The van der Waals surface area contributed by atoms with E-state index in [1.54, 1.807) is 73.1 Å². The van der Waals surface area contributed by atoms with E-state index >= 15 is 0 Å². The summed E-state index contributed by atoms with van der Waals surface area (Å²) in [6.07, 6.45) is 3.18. The highest BCUT2D eigenvalue weighted by atomic mass is 16.5. The van der Waals surface area contributed by atoms with Crippen LogP contribution < -0.4 is 14.4 Å². The van der Waals surface area contributed by atoms with Gasteiger partial charge in [0.15, 0.2) is 0 Å². The molecule has 1 unspecified atom stereocenters. The Hall–Kier alpha value is -4.13. The summed E-state index contributed by atoms with van der Waals surface area (Å²) in [5.74, 6) is -0.626. The van der Waals surface area contributed by atoms with Gasteiger partial charge in [0, 0.05) is 29.7 Å². The molecule has 0 saturated carbocycles. The fraction of sp³-hybridized carbons (Fsp3) is 0.125. The lowest BCUT2D eigenvalue weighted by molar-refractivity contribution is -0.132. The third kappa shape index (κ3) is 3.61. The van der Waals surface area contributed by atoms with Gasteiger partial charge < -0.3 is 14.6 Å². The molecule has 4 rings (SSSR count). The molecule has 0 radical (unpaired) electrons. The van der Waals surface area contributed by atoms with Crippen molar-refractivity contribution in [3.8, 4) is 11.5 Å². The van der Waals surface area contributed by atoms with Gasteiger partial charge in [0.1, 0.15) is 17.3 Å². The number of rotatable bonds is 5. The second-order valence-electron chi connectivity index (χ2n) is 6.89. The maximum Gasteiger partial charge on any atom is 0.300 e. The van der Waals surface area contributed by atoms with E-state index in [0.29, 0.717) is 28.3 Å². The van der Waals surface area contributed by atoms with Crippen molar-refractivity contribution < 1.29 is 24.2 Å². The summed E-state index contributed by atoms with van der Waals surface area (Å²) in [4.78, 5) is 31.7. The topological polar surface area (TPSA) is 89.0 Å². The van der Waals surface area contributed by atoms with E-state index in [1.165, 1.54) is 19.1 Å². The fourth-order valence-corrected chi connectivity index (χ4v) is 3.62. The van der Waals surface area contributed by atoms with Crippen LogP contribution in [-0.2, 0) is 9.59 Å². The van der Waals surface area contributed by atoms with Crippen LogP contribution in [0.25, 0.3) is 5.76 Å². The molecule has 7 heteroatoms. The molecule has 2 aromatic carbocycles. The molecule has 0 bridgehead atoms. The number of benzene rings is 2. The van der Waals surface area contributed by atoms with Gasteiger partial charge >= 0.3 is 0 Å². The van der Waals surface area contributed by atoms with Crippen LogP contribution in [-0.4, -0.2) is 36.0 Å². The van der Waals surface area contributed by atoms with Crippen molar-refractivity contribution in [3.63, 3.8) is 0 Å². The van der Waals surface area contributed by atoms with Gasteiger partial charge in [-0.25, -0.2) is 0 Å². The number of carbonyl (C=O) groups is 2. The van der Waals surface area contributed by atoms with Gasteiger partial charge in [0.05, 0.1) is 25.8 Å². The Labute approximate surface area is 179 Å².